The van der Waals surface area contributed by atoms with Gasteiger partial charge in [-0.15, -0.1) is 0 Å². The zero-order chi connectivity index (χ0) is 10.8. The first kappa shape index (κ1) is 10.8. The second-order valence-corrected chi connectivity index (χ2v) is 4.30. The Labute approximate surface area is 83.5 Å². The van der Waals surface area contributed by atoms with Crippen LogP contribution < -0.4 is 0 Å². The summed E-state index contributed by atoms with van der Waals surface area (Å²) in [4.78, 5) is 23.0. The zero-order valence-electron chi connectivity index (χ0n) is 8.74. The molecule has 0 aromatic rings. The van der Waals surface area contributed by atoms with E-state index in [-0.39, 0.29) is 6.09 Å². The van der Waals surface area contributed by atoms with Gasteiger partial charge in [-0.1, -0.05) is 0 Å². The van der Waals surface area contributed by atoms with Gasteiger partial charge in [-0.2, -0.15) is 0 Å². The van der Waals surface area contributed by atoms with Gasteiger partial charge in [0.15, 0.2) is 0 Å². The highest BCUT2D eigenvalue weighted by molar-refractivity contribution is 5.73. The Kier molecular flexibility index (Phi) is 2.93. The number of ether oxygens (including phenoxy) is 1. The van der Waals surface area contributed by atoms with Gasteiger partial charge in [-0.05, 0) is 32.4 Å². The molecule has 78 valence electrons. The molecule has 1 rings (SSSR count). The molecule has 0 aromatic carbocycles. The van der Waals surface area contributed by atoms with Gasteiger partial charge >= 0.3 is 6.09 Å². The third-order valence-corrected chi connectivity index (χ3v) is 1.74. The number of allylic oxidation sites excluding steroid dienone is 1. The second kappa shape index (κ2) is 3.82. The minimum absolute atomic E-state index is 0.319. The summed E-state index contributed by atoms with van der Waals surface area (Å²) >= 11 is 0. The van der Waals surface area contributed by atoms with Crippen LogP contribution >= 0.6 is 0 Å². The number of rotatable bonds is 1. The Hall–Kier alpha value is -1.32. The molecule has 0 atom stereocenters. The van der Waals surface area contributed by atoms with Crippen molar-refractivity contribution < 1.29 is 14.3 Å². The molecule has 0 aliphatic carbocycles. The SMILES string of the molecule is CC(C)(C)OC(=O)N1CC(=CC=O)C1. The van der Waals surface area contributed by atoms with E-state index < -0.39 is 5.60 Å². The smallest absolute Gasteiger partial charge is 0.410 e. The average molecular weight is 197 g/mol. The largest absolute Gasteiger partial charge is 0.444 e. The Bertz CT molecular complexity index is 268. The lowest BCUT2D eigenvalue weighted by atomic mass is 10.1. The number of aldehydes is 1. The van der Waals surface area contributed by atoms with Gasteiger partial charge in [-0.3, -0.25) is 4.79 Å². The molecule has 0 unspecified atom stereocenters. The quantitative estimate of drug-likeness (QED) is 0.471. The lowest BCUT2D eigenvalue weighted by molar-refractivity contribution is -0.104. The van der Waals surface area contributed by atoms with E-state index in [1.54, 1.807) is 4.90 Å². The third kappa shape index (κ3) is 2.87. The maximum Gasteiger partial charge on any atom is 0.410 e. The van der Waals surface area contributed by atoms with Gasteiger partial charge in [0.2, 0.25) is 0 Å². The standard InChI is InChI=1S/C10H15NO3/c1-10(2,3)14-9(13)11-6-8(7-11)4-5-12/h4-5H,6-7H2,1-3H3. The van der Waals surface area contributed by atoms with Crippen molar-refractivity contribution in [3.63, 3.8) is 0 Å². The number of likely N-dealkylation sites (tertiary alicyclic amines) is 1. The molecule has 0 radical (unpaired) electrons. The van der Waals surface area contributed by atoms with Crippen molar-refractivity contribution in [3.05, 3.63) is 11.6 Å². The predicted molar refractivity (Wildman–Crippen MR) is 52.0 cm³/mol. The first-order valence-electron chi connectivity index (χ1n) is 4.53. The van der Waals surface area contributed by atoms with Gasteiger partial charge in [0, 0.05) is 13.1 Å². The molecule has 0 bridgehead atoms. The monoisotopic (exact) mass is 197 g/mol. The molecule has 0 aromatic heterocycles. The molecule has 4 heteroatoms. The Balaban J connectivity index is 2.37. The summed E-state index contributed by atoms with van der Waals surface area (Å²) in [7, 11) is 0. The van der Waals surface area contributed by atoms with E-state index >= 15 is 0 Å². The molecule has 1 saturated heterocycles. The maximum atomic E-state index is 11.4. The minimum atomic E-state index is -0.457. The Morgan fingerprint density at radius 3 is 2.43 bits per heavy atom. The summed E-state index contributed by atoms with van der Waals surface area (Å²) in [5, 5.41) is 0. The fourth-order valence-electron chi connectivity index (χ4n) is 1.10. The van der Waals surface area contributed by atoms with Gasteiger partial charge in [0.1, 0.15) is 11.9 Å². The van der Waals surface area contributed by atoms with Crippen LogP contribution in [-0.4, -0.2) is 36.0 Å². The third-order valence-electron chi connectivity index (χ3n) is 1.74. The highest BCUT2D eigenvalue weighted by Crippen LogP contribution is 2.17. The van der Waals surface area contributed by atoms with Crippen LogP contribution in [-0.2, 0) is 9.53 Å². The average Bonchev–Trinajstić information content (AvgIpc) is 1.91. The van der Waals surface area contributed by atoms with E-state index in [0.29, 0.717) is 13.1 Å². The van der Waals surface area contributed by atoms with Crippen molar-refractivity contribution in [1.82, 2.24) is 4.90 Å². The number of hydrogen-bond donors (Lipinski definition) is 0. The summed E-state index contributed by atoms with van der Waals surface area (Å²) in [5.41, 5.74) is 0.507. The molecule has 0 N–H and O–H groups in total. The highest BCUT2D eigenvalue weighted by Gasteiger charge is 2.29. The van der Waals surface area contributed by atoms with Crippen LogP contribution in [0.2, 0.25) is 0 Å². The molecule has 14 heavy (non-hydrogen) atoms. The van der Waals surface area contributed by atoms with Crippen molar-refractivity contribution in [2.45, 2.75) is 26.4 Å². The van der Waals surface area contributed by atoms with Crippen molar-refractivity contribution in [1.29, 1.82) is 0 Å². The predicted octanol–water partition coefficient (Wildman–Crippen LogP) is 1.36. The number of carbonyl (C=O) groups is 2. The number of carbonyl (C=O) groups excluding carboxylic acids is 2. The van der Waals surface area contributed by atoms with E-state index in [1.165, 1.54) is 6.08 Å². The number of amides is 1. The molecule has 1 fully saturated rings. The lowest BCUT2D eigenvalue weighted by Crippen LogP contribution is -2.46. The molecule has 1 amide bonds. The van der Waals surface area contributed by atoms with Gasteiger partial charge < -0.3 is 9.64 Å². The van der Waals surface area contributed by atoms with E-state index in [2.05, 4.69) is 0 Å². The van der Waals surface area contributed by atoms with Crippen molar-refractivity contribution >= 4 is 12.4 Å². The lowest BCUT2D eigenvalue weighted by Gasteiger charge is -2.35. The van der Waals surface area contributed by atoms with E-state index in [9.17, 15) is 9.59 Å². The number of hydrogen-bond acceptors (Lipinski definition) is 3. The fourth-order valence-corrected chi connectivity index (χ4v) is 1.10. The van der Waals surface area contributed by atoms with Crippen LogP contribution in [0.15, 0.2) is 11.6 Å². The molecular formula is C10H15NO3. The minimum Gasteiger partial charge on any atom is -0.444 e. The topological polar surface area (TPSA) is 46.6 Å². The summed E-state index contributed by atoms with van der Waals surface area (Å²) in [6.45, 7) is 6.49. The first-order valence-corrected chi connectivity index (χ1v) is 4.53. The van der Waals surface area contributed by atoms with E-state index in [0.717, 1.165) is 11.9 Å². The molecule has 0 saturated carbocycles. The summed E-state index contributed by atoms with van der Waals surface area (Å²) in [5.74, 6) is 0. The summed E-state index contributed by atoms with van der Waals surface area (Å²) in [6.07, 6.45) is 1.91. The Morgan fingerprint density at radius 2 is 2.00 bits per heavy atom. The molecular weight excluding hydrogens is 182 g/mol. The molecule has 1 heterocycles. The van der Waals surface area contributed by atoms with Crippen molar-refractivity contribution in [2.24, 2.45) is 0 Å². The summed E-state index contributed by atoms with van der Waals surface area (Å²) < 4.78 is 5.14. The first-order chi connectivity index (χ1) is 6.42. The van der Waals surface area contributed by atoms with E-state index in [1.807, 2.05) is 20.8 Å². The number of nitrogens with zero attached hydrogens (tertiary/aromatic N) is 1. The van der Waals surface area contributed by atoms with Crippen LogP contribution in [0.4, 0.5) is 4.79 Å². The van der Waals surface area contributed by atoms with Crippen LogP contribution in [0.25, 0.3) is 0 Å². The molecule has 1 aliphatic rings. The van der Waals surface area contributed by atoms with Crippen LogP contribution in [0, 0.1) is 0 Å². The normalized spacial score (nSPS) is 15.9. The fraction of sp³-hybridized carbons (Fsp3) is 0.600. The van der Waals surface area contributed by atoms with Gasteiger partial charge in [0.25, 0.3) is 0 Å². The van der Waals surface area contributed by atoms with Crippen LogP contribution in [0.3, 0.4) is 0 Å². The maximum absolute atomic E-state index is 11.4. The van der Waals surface area contributed by atoms with Gasteiger partial charge in [0.05, 0.1) is 0 Å². The Morgan fingerprint density at radius 1 is 1.43 bits per heavy atom. The highest BCUT2D eigenvalue weighted by atomic mass is 16.6. The molecule has 0 spiro atoms. The molecule has 4 nitrogen and oxygen atoms in total. The van der Waals surface area contributed by atoms with Crippen LogP contribution in [0.5, 0.6) is 0 Å². The van der Waals surface area contributed by atoms with Gasteiger partial charge in [-0.25, -0.2) is 4.79 Å². The van der Waals surface area contributed by atoms with Crippen LogP contribution in [0.1, 0.15) is 20.8 Å². The zero-order valence-corrected chi connectivity index (χ0v) is 8.74. The summed E-state index contributed by atoms with van der Waals surface area (Å²) in [6, 6.07) is 0. The van der Waals surface area contributed by atoms with Crippen molar-refractivity contribution in [2.75, 3.05) is 13.1 Å². The molecule has 1 aliphatic heterocycles. The van der Waals surface area contributed by atoms with E-state index in [4.69, 9.17) is 4.74 Å². The van der Waals surface area contributed by atoms with Crippen molar-refractivity contribution in [3.8, 4) is 0 Å². The second-order valence-electron chi connectivity index (χ2n) is 4.30.